The molecule has 2 saturated heterocycles. The third kappa shape index (κ3) is 2.84. The van der Waals surface area contributed by atoms with Crippen LogP contribution < -0.4 is 5.32 Å². The Morgan fingerprint density at radius 2 is 1.74 bits per heavy atom. The van der Waals surface area contributed by atoms with Crippen LogP contribution in [0, 0.1) is 11.8 Å². The van der Waals surface area contributed by atoms with Crippen molar-refractivity contribution in [1.82, 2.24) is 10.2 Å². The second-order valence-electron chi connectivity index (χ2n) is 7.28. The van der Waals surface area contributed by atoms with Crippen molar-refractivity contribution in [3.8, 4) is 0 Å². The molecule has 2 bridgehead atoms. The van der Waals surface area contributed by atoms with Crippen LogP contribution in [-0.4, -0.2) is 47.8 Å². The van der Waals surface area contributed by atoms with Gasteiger partial charge in [-0.3, -0.25) is 4.90 Å². The van der Waals surface area contributed by atoms with Crippen LogP contribution in [0.15, 0.2) is 0 Å². The highest BCUT2D eigenvalue weighted by molar-refractivity contribution is 4.97. The molecule has 0 aromatic rings. The maximum atomic E-state index is 9.91. The molecule has 19 heavy (non-hydrogen) atoms. The van der Waals surface area contributed by atoms with Gasteiger partial charge in [0.25, 0.3) is 0 Å². The maximum Gasteiger partial charge on any atom is 0.0570 e. The Bertz CT molecular complexity index is 295. The van der Waals surface area contributed by atoms with E-state index in [-0.39, 0.29) is 6.10 Å². The third-order valence-corrected chi connectivity index (χ3v) is 5.92. The first-order valence-corrected chi connectivity index (χ1v) is 8.28. The number of piperidine rings is 1. The normalized spacial score (nSPS) is 47.5. The van der Waals surface area contributed by atoms with Crippen LogP contribution in [0.3, 0.4) is 0 Å². The maximum absolute atomic E-state index is 9.91. The van der Waals surface area contributed by atoms with Crippen LogP contribution in [0.4, 0.5) is 0 Å². The fourth-order valence-corrected chi connectivity index (χ4v) is 4.89. The summed E-state index contributed by atoms with van der Waals surface area (Å²) >= 11 is 0. The molecule has 0 aromatic carbocycles. The van der Waals surface area contributed by atoms with Gasteiger partial charge in [-0.05, 0) is 63.8 Å². The van der Waals surface area contributed by atoms with Crippen LogP contribution >= 0.6 is 0 Å². The van der Waals surface area contributed by atoms with Crippen molar-refractivity contribution >= 4 is 0 Å². The van der Waals surface area contributed by atoms with E-state index >= 15 is 0 Å². The molecular weight excluding hydrogens is 236 g/mol. The van der Waals surface area contributed by atoms with Crippen LogP contribution in [0.5, 0.6) is 0 Å². The van der Waals surface area contributed by atoms with E-state index < -0.39 is 0 Å². The summed E-state index contributed by atoms with van der Waals surface area (Å²) in [5.74, 6) is 1.70. The Hall–Kier alpha value is -0.120. The molecule has 3 fully saturated rings. The predicted molar refractivity (Wildman–Crippen MR) is 78.1 cm³/mol. The number of aliphatic hydroxyl groups is 1. The predicted octanol–water partition coefficient (Wildman–Crippen LogP) is 2.00. The summed E-state index contributed by atoms with van der Waals surface area (Å²) in [5, 5.41) is 13.5. The van der Waals surface area contributed by atoms with Gasteiger partial charge < -0.3 is 10.4 Å². The summed E-state index contributed by atoms with van der Waals surface area (Å²) in [7, 11) is 2.13. The van der Waals surface area contributed by atoms with Crippen molar-refractivity contribution in [1.29, 1.82) is 0 Å². The lowest BCUT2D eigenvalue weighted by Gasteiger charge is -2.43. The van der Waals surface area contributed by atoms with Crippen molar-refractivity contribution < 1.29 is 5.11 Å². The minimum Gasteiger partial charge on any atom is -0.393 e. The van der Waals surface area contributed by atoms with Crippen LogP contribution in [-0.2, 0) is 0 Å². The molecule has 0 radical (unpaired) electrons. The van der Waals surface area contributed by atoms with Crippen molar-refractivity contribution in [3.63, 3.8) is 0 Å². The van der Waals surface area contributed by atoms with Gasteiger partial charge in [0.1, 0.15) is 0 Å². The zero-order valence-electron chi connectivity index (χ0n) is 12.5. The molecule has 0 aromatic heterocycles. The molecule has 3 aliphatic rings. The Kier molecular flexibility index (Phi) is 4.16. The van der Waals surface area contributed by atoms with Crippen LogP contribution in [0.2, 0.25) is 0 Å². The minimum absolute atomic E-state index is 0.0286. The molecule has 0 amide bonds. The van der Waals surface area contributed by atoms with Crippen LogP contribution in [0.25, 0.3) is 0 Å². The van der Waals surface area contributed by atoms with E-state index in [9.17, 15) is 5.11 Å². The molecule has 110 valence electrons. The highest BCUT2D eigenvalue weighted by Crippen LogP contribution is 2.38. The lowest BCUT2D eigenvalue weighted by Crippen LogP contribution is -2.51. The lowest BCUT2D eigenvalue weighted by atomic mass is 9.78. The van der Waals surface area contributed by atoms with Crippen molar-refractivity contribution in [2.75, 3.05) is 13.6 Å². The monoisotopic (exact) mass is 266 g/mol. The molecule has 1 saturated carbocycles. The molecule has 3 rings (SSSR count). The van der Waals surface area contributed by atoms with Gasteiger partial charge in [-0.15, -0.1) is 0 Å². The largest absolute Gasteiger partial charge is 0.393 e. The summed E-state index contributed by atoms with van der Waals surface area (Å²) in [6.07, 6.45) is 8.74. The second-order valence-corrected chi connectivity index (χ2v) is 7.28. The fourth-order valence-electron chi connectivity index (χ4n) is 4.89. The molecule has 3 heteroatoms. The molecule has 1 aliphatic carbocycles. The Balaban J connectivity index is 1.63. The number of hydrogen-bond donors (Lipinski definition) is 2. The first-order chi connectivity index (χ1) is 9.17. The molecule has 0 spiro atoms. The fraction of sp³-hybridized carbons (Fsp3) is 1.00. The summed E-state index contributed by atoms with van der Waals surface area (Å²) < 4.78 is 0. The number of nitrogens with zero attached hydrogens (tertiary/aromatic N) is 1. The van der Waals surface area contributed by atoms with E-state index in [1.807, 2.05) is 0 Å². The Morgan fingerprint density at radius 1 is 1.05 bits per heavy atom. The molecule has 3 nitrogen and oxygen atoms in total. The smallest absolute Gasteiger partial charge is 0.0570 e. The lowest BCUT2D eigenvalue weighted by molar-refractivity contribution is 0.0172. The van der Waals surface area contributed by atoms with E-state index in [0.717, 1.165) is 24.7 Å². The molecule has 5 atom stereocenters. The van der Waals surface area contributed by atoms with E-state index in [1.54, 1.807) is 0 Å². The van der Waals surface area contributed by atoms with Gasteiger partial charge in [0, 0.05) is 24.7 Å². The molecular formula is C16H30N2O. The standard InChI is InChI=1S/C16H30N2O/c1-11-3-6-16(17-2)12(7-11)10-18-13-4-5-14(18)9-15(19)8-13/h11-17,19H,3-10H2,1-2H3. The SMILES string of the molecule is CNC1CCC(C)CC1CN1C2CCC1CC(O)C2. The number of hydrogen-bond acceptors (Lipinski definition) is 3. The van der Waals surface area contributed by atoms with Gasteiger partial charge in [-0.1, -0.05) is 6.92 Å². The number of rotatable bonds is 3. The second kappa shape index (κ2) is 5.71. The average Bonchev–Trinajstić information content (AvgIpc) is 2.62. The molecule has 5 unspecified atom stereocenters. The highest BCUT2D eigenvalue weighted by Gasteiger charge is 2.42. The molecule has 2 aliphatic heterocycles. The average molecular weight is 266 g/mol. The number of fused-ring (bicyclic) bond motifs is 2. The third-order valence-electron chi connectivity index (χ3n) is 5.92. The first-order valence-electron chi connectivity index (χ1n) is 8.28. The Morgan fingerprint density at radius 3 is 2.37 bits per heavy atom. The van der Waals surface area contributed by atoms with Crippen molar-refractivity contribution in [3.05, 3.63) is 0 Å². The zero-order chi connectivity index (χ0) is 13.4. The Labute approximate surface area is 117 Å². The van der Waals surface area contributed by atoms with Crippen LogP contribution in [0.1, 0.15) is 51.9 Å². The minimum atomic E-state index is -0.0286. The molecule has 2 N–H and O–H groups in total. The topological polar surface area (TPSA) is 35.5 Å². The van der Waals surface area contributed by atoms with E-state index in [4.69, 9.17) is 0 Å². The zero-order valence-corrected chi connectivity index (χ0v) is 12.5. The highest BCUT2D eigenvalue weighted by atomic mass is 16.3. The number of aliphatic hydroxyl groups excluding tert-OH is 1. The summed E-state index contributed by atoms with van der Waals surface area (Å²) in [6.45, 7) is 3.67. The van der Waals surface area contributed by atoms with Crippen molar-refractivity contribution in [2.45, 2.75) is 76.1 Å². The number of nitrogens with one attached hydrogen (secondary N) is 1. The van der Waals surface area contributed by atoms with Crippen molar-refractivity contribution in [2.24, 2.45) is 11.8 Å². The first kappa shape index (κ1) is 13.8. The van der Waals surface area contributed by atoms with E-state index in [0.29, 0.717) is 18.1 Å². The van der Waals surface area contributed by atoms with Gasteiger partial charge in [0.05, 0.1) is 6.10 Å². The van der Waals surface area contributed by atoms with Gasteiger partial charge in [-0.2, -0.15) is 0 Å². The van der Waals surface area contributed by atoms with E-state index in [2.05, 4.69) is 24.2 Å². The van der Waals surface area contributed by atoms with Gasteiger partial charge >= 0.3 is 0 Å². The summed E-state index contributed by atoms with van der Waals surface area (Å²) in [4.78, 5) is 2.75. The molecule has 2 heterocycles. The summed E-state index contributed by atoms with van der Waals surface area (Å²) in [6, 6.07) is 2.05. The van der Waals surface area contributed by atoms with E-state index in [1.165, 1.54) is 38.6 Å². The van der Waals surface area contributed by atoms with Gasteiger partial charge in [-0.25, -0.2) is 0 Å². The van der Waals surface area contributed by atoms with Gasteiger partial charge in [0.15, 0.2) is 0 Å². The quantitative estimate of drug-likeness (QED) is 0.820. The van der Waals surface area contributed by atoms with Gasteiger partial charge in [0.2, 0.25) is 0 Å². The summed E-state index contributed by atoms with van der Waals surface area (Å²) in [5.41, 5.74) is 0.